The summed E-state index contributed by atoms with van der Waals surface area (Å²) in [5.41, 5.74) is 5.92. The summed E-state index contributed by atoms with van der Waals surface area (Å²) in [6.45, 7) is 0. The summed E-state index contributed by atoms with van der Waals surface area (Å²) >= 11 is 0. The molecule has 0 radical (unpaired) electrons. The summed E-state index contributed by atoms with van der Waals surface area (Å²) in [6.07, 6.45) is 0. The van der Waals surface area contributed by atoms with Gasteiger partial charge in [0.25, 0.3) is 0 Å². The van der Waals surface area contributed by atoms with Gasteiger partial charge in [-0.25, -0.2) is 8.78 Å². The first-order valence-corrected chi connectivity index (χ1v) is 5.64. The number of halogens is 2. The Balaban J connectivity index is 2.29. The Bertz CT molecular complexity index is 584. The van der Waals surface area contributed by atoms with Crippen LogP contribution in [0.5, 0.6) is 0 Å². The summed E-state index contributed by atoms with van der Waals surface area (Å²) < 4.78 is 26.4. The number of benzene rings is 2. The van der Waals surface area contributed by atoms with Gasteiger partial charge in [-0.15, -0.1) is 0 Å². The van der Waals surface area contributed by atoms with Gasteiger partial charge in [0.2, 0.25) is 5.91 Å². The Morgan fingerprint density at radius 1 is 1.05 bits per heavy atom. The smallest absolute Gasteiger partial charge is 0.244 e. The number of nitrogens with two attached hydrogens (primary N) is 1. The zero-order valence-corrected chi connectivity index (χ0v) is 9.94. The third-order valence-electron chi connectivity index (χ3n) is 2.66. The van der Waals surface area contributed by atoms with Crippen molar-refractivity contribution in [2.45, 2.75) is 6.04 Å². The van der Waals surface area contributed by atoms with Crippen LogP contribution in [0, 0.1) is 11.6 Å². The normalized spacial score (nSPS) is 11.9. The average Bonchev–Trinajstić information content (AvgIpc) is 2.39. The Kier molecular flexibility index (Phi) is 3.75. The molecule has 0 heterocycles. The number of nitrogens with one attached hydrogen (secondary N) is 1. The molecule has 5 heteroatoms. The molecule has 0 aliphatic heterocycles. The van der Waals surface area contributed by atoms with E-state index in [2.05, 4.69) is 5.32 Å². The van der Waals surface area contributed by atoms with Crippen LogP contribution in [0.3, 0.4) is 0 Å². The van der Waals surface area contributed by atoms with E-state index in [1.165, 1.54) is 42.5 Å². The minimum atomic E-state index is -0.919. The van der Waals surface area contributed by atoms with Crippen LogP contribution in [0.2, 0.25) is 0 Å². The lowest BCUT2D eigenvalue weighted by atomic mass is 10.1. The standard InChI is InChI=1S/C14H12F2N2O/c15-10-7-5-9(6-8-10)13(14(17)19)18-12-4-2-1-3-11(12)16/h1-8,13,18H,(H2,17,19). The molecule has 19 heavy (non-hydrogen) atoms. The fourth-order valence-corrected chi connectivity index (χ4v) is 1.71. The van der Waals surface area contributed by atoms with Gasteiger partial charge < -0.3 is 11.1 Å². The van der Waals surface area contributed by atoms with Crippen molar-refractivity contribution in [2.75, 3.05) is 5.32 Å². The van der Waals surface area contributed by atoms with Gasteiger partial charge in [0, 0.05) is 0 Å². The van der Waals surface area contributed by atoms with Crippen molar-refractivity contribution in [3.05, 3.63) is 65.7 Å². The van der Waals surface area contributed by atoms with Gasteiger partial charge in [-0.2, -0.15) is 0 Å². The summed E-state index contributed by atoms with van der Waals surface area (Å²) in [6, 6.07) is 10.3. The highest BCUT2D eigenvalue weighted by Crippen LogP contribution is 2.21. The van der Waals surface area contributed by atoms with E-state index in [-0.39, 0.29) is 5.69 Å². The van der Waals surface area contributed by atoms with Crippen LogP contribution < -0.4 is 11.1 Å². The maximum Gasteiger partial charge on any atom is 0.244 e. The first-order valence-electron chi connectivity index (χ1n) is 5.64. The molecule has 1 unspecified atom stereocenters. The molecule has 98 valence electrons. The summed E-state index contributed by atoms with van der Waals surface area (Å²) in [5.74, 6) is -1.58. The molecule has 0 saturated carbocycles. The molecule has 0 saturated heterocycles. The van der Waals surface area contributed by atoms with Crippen LogP contribution in [-0.4, -0.2) is 5.91 Å². The lowest BCUT2D eigenvalue weighted by molar-refractivity contribution is -0.118. The molecule has 2 aromatic carbocycles. The van der Waals surface area contributed by atoms with Crippen molar-refractivity contribution in [2.24, 2.45) is 5.73 Å². The number of hydrogen-bond donors (Lipinski definition) is 2. The molecular formula is C14H12F2N2O. The first kappa shape index (κ1) is 13.0. The molecule has 0 aliphatic carbocycles. The van der Waals surface area contributed by atoms with E-state index >= 15 is 0 Å². The molecule has 0 bridgehead atoms. The fourth-order valence-electron chi connectivity index (χ4n) is 1.71. The second-order valence-corrected chi connectivity index (χ2v) is 4.01. The zero-order valence-electron chi connectivity index (χ0n) is 9.94. The molecule has 2 rings (SSSR count). The van der Waals surface area contributed by atoms with E-state index in [4.69, 9.17) is 5.73 Å². The quantitative estimate of drug-likeness (QED) is 0.889. The van der Waals surface area contributed by atoms with Crippen molar-refractivity contribution < 1.29 is 13.6 Å². The van der Waals surface area contributed by atoms with Crippen LogP contribution in [0.15, 0.2) is 48.5 Å². The lowest BCUT2D eigenvalue weighted by Gasteiger charge is -2.17. The van der Waals surface area contributed by atoms with Gasteiger partial charge in [-0.3, -0.25) is 4.79 Å². The first-order chi connectivity index (χ1) is 9.08. The molecule has 3 N–H and O–H groups in total. The number of amides is 1. The molecular weight excluding hydrogens is 250 g/mol. The summed E-state index contributed by atoms with van der Waals surface area (Å²) in [7, 11) is 0. The number of primary amides is 1. The van der Waals surface area contributed by atoms with Crippen LogP contribution in [0.25, 0.3) is 0 Å². The zero-order chi connectivity index (χ0) is 13.8. The van der Waals surface area contributed by atoms with Crippen LogP contribution in [0.4, 0.5) is 14.5 Å². The summed E-state index contributed by atoms with van der Waals surface area (Å²) in [5, 5.41) is 2.71. The van der Waals surface area contributed by atoms with Gasteiger partial charge in [-0.05, 0) is 29.8 Å². The highest BCUT2D eigenvalue weighted by molar-refractivity contribution is 5.84. The summed E-state index contributed by atoms with van der Waals surface area (Å²) in [4.78, 5) is 11.4. The highest BCUT2D eigenvalue weighted by Gasteiger charge is 2.18. The molecule has 2 aromatic rings. The number of para-hydroxylation sites is 1. The van der Waals surface area contributed by atoms with E-state index < -0.39 is 23.6 Å². The van der Waals surface area contributed by atoms with Crippen LogP contribution in [0.1, 0.15) is 11.6 Å². The molecule has 0 aromatic heterocycles. The molecule has 3 nitrogen and oxygen atoms in total. The third-order valence-corrected chi connectivity index (χ3v) is 2.66. The minimum absolute atomic E-state index is 0.163. The maximum absolute atomic E-state index is 13.5. The monoisotopic (exact) mass is 262 g/mol. The molecule has 0 spiro atoms. The molecule has 1 atom stereocenters. The van der Waals surface area contributed by atoms with Gasteiger partial charge in [0.05, 0.1) is 5.69 Å². The fraction of sp³-hybridized carbons (Fsp3) is 0.0714. The molecule has 1 amide bonds. The predicted octanol–water partition coefficient (Wildman–Crippen LogP) is 2.60. The molecule has 0 aliphatic rings. The van der Waals surface area contributed by atoms with Crippen molar-refractivity contribution >= 4 is 11.6 Å². The minimum Gasteiger partial charge on any atom is -0.368 e. The number of anilines is 1. The molecule has 0 fully saturated rings. The van der Waals surface area contributed by atoms with Gasteiger partial charge >= 0.3 is 0 Å². The van der Waals surface area contributed by atoms with Crippen molar-refractivity contribution in [3.8, 4) is 0 Å². The van der Waals surface area contributed by atoms with E-state index in [9.17, 15) is 13.6 Å². The van der Waals surface area contributed by atoms with Crippen molar-refractivity contribution in [1.82, 2.24) is 0 Å². The SMILES string of the molecule is NC(=O)C(Nc1ccccc1F)c1ccc(F)cc1. The lowest BCUT2D eigenvalue weighted by Crippen LogP contribution is -2.28. The van der Waals surface area contributed by atoms with Gasteiger partial charge in [0.1, 0.15) is 17.7 Å². The number of hydrogen-bond acceptors (Lipinski definition) is 2. The van der Waals surface area contributed by atoms with Crippen LogP contribution in [-0.2, 0) is 4.79 Å². The third kappa shape index (κ3) is 3.07. The van der Waals surface area contributed by atoms with Crippen molar-refractivity contribution in [1.29, 1.82) is 0 Å². The number of carbonyl (C=O) groups excluding carboxylic acids is 1. The van der Waals surface area contributed by atoms with Crippen LogP contribution >= 0.6 is 0 Å². The van der Waals surface area contributed by atoms with E-state index in [0.29, 0.717) is 5.56 Å². The Morgan fingerprint density at radius 2 is 1.68 bits per heavy atom. The van der Waals surface area contributed by atoms with Gasteiger partial charge in [-0.1, -0.05) is 24.3 Å². The topological polar surface area (TPSA) is 55.1 Å². The Hall–Kier alpha value is -2.43. The number of carbonyl (C=O) groups is 1. The average molecular weight is 262 g/mol. The van der Waals surface area contributed by atoms with E-state index in [1.807, 2.05) is 0 Å². The number of rotatable bonds is 4. The maximum atomic E-state index is 13.5. The second kappa shape index (κ2) is 5.48. The predicted molar refractivity (Wildman–Crippen MR) is 68.4 cm³/mol. The second-order valence-electron chi connectivity index (χ2n) is 4.01. The largest absolute Gasteiger partial charge is 0.368 e. The Labute approximate surface area is 109 Å². The van der Waals surface area contributed by atoms with Gasteiger partial charge in [0.15, 0.2) is 0 Å². The highest BCUT2D eigenvalue weighted by atomic mass is 19.1. The van der Waals surface area contributed by atoms with E-state index in [1.54, 1.807) is 6.07 Å². The Morgan fingerprint density at radius 3 is 2.26 bits per heavy atom. The van der Waals surface area contributed by atoms with E-state index in [0.717, 1.165) is 0 Å². The van der Waals surface area contributed by atoms with Crippen molar-refractivity contribution in [3.63, 3.8) is 0 Å².